The lowest BCUT2D eigenvalue weighted by molar-refractivity contribution is -0.144. The highest BCUT2D eigenvalue weighted by molar-refractivity contribution is 5.73. The zero-order chi connectivity index (χ0) is 11.4. The number of ether oxygens (including phenoxy) is 1. The van der Waals surface area contributed by atoms with Gasteiger partial charge < -0.3 is 9.30 Å². The molecular formula is C11H15NO3. The van der Waals surface area contributed by atoms with Crippen molar-refractivity contribution in [2.75, 3.05) is 7.11 Å². The molecular weight excluding hydrogens is 194 g/mol. The third kappa shape index (κ3) is 2.26. The molecule has 1 aromatic rings. The molecule has 1 heterocycles. The van der Waals surface area contributed by atoms with Crippen LogP contribution in [0, 0.1) is 6.92 Å². The molecule has 1 rings (SSSR count). The monoisotopic (exact) mass is 209 g/mol. The molecule has 0 aliphatic rings. The van der Waals surface area contributed by atoms with Crippen LogP contribution in [0.15, 0.2) is 23.1 Å². The third-order valence-corrected chi connectivity index (χ3v) is 2.36. The lowest BCUT2D eigenvalue weighted by atomic mass is 10.2. The number of pyridine rings is 1. The van der Waals surface area contributed by atoms with E-state index < -0.39 is 6.04 Å². The smallest absolute Gasteiger partial charge is 0.328 e. The molecule has 1 aromatic heterocycles. The molecule has 0 saturated carbocycles. The molecule has 15 heavy (non-hydrogen) atoms. The van der Waals surface area contributed by atoms with E-state index in [2.05, 4.69) is 4.74 Å². The standard InChI is InChI=1S/C11H15NO3/c1-4-9(11(14)15-3)12-7-5-6-8(2)10(12)13/h5-7,9H,4H2,1-3H3. The summed E-state index contributed by atoms with van der Waals surface area (Å²) in [6, 6.07) is 2.95. The van der Waals surface area contributed by atoms with Crippen LogP contribution in [0.25, 0.3) is 0 Å². The van der Waals surface area contributed by atoms with E-state index in [9.17, 15) is 9.59 Å². The SMILES string of the molecule is CCC(C(=O)OC)n1cccc(C)c1=O. The summed E-state index contributed by atoms with van der Waals surface area (Å²) in [5.41, 5.74) is 0.481. The second kappa shape index (κ2) is 4.77. The molecule has 0 aliphatic heterocycles. The highest BCUT2D eigenvalue weighted by Gasteiger charge is 2.19. The van der Waals surface area contributed by atoms with Crippen LogP contribution in [0.1, 0.15) is 24.9 Å². The Bertz CT molecular complexity index is 409. The number of carbonyl (C=O) groups is 1. The molecule has 0 spiro atoms. The van der Waals surface area contributed by atoms with Gasteiger partial charge in [-0.25, -0.2) is 4.79 Å². The van der Waals surface area contributed by atoms with Crippen LogP contribution in [0.2, 0.25) is 0 Å². The second-order valence-corrected chi connectivity index (χ2v) is 3.35. The van der Waals surface area contributed by atoms with Crippen LogP contribution in [0.5, 0.6) is 0 Å². The van der Waals surface area contributed by atoms with Gasteiger partial charge in [-0.05, 0) is 19.4 Å². The van der Waals surface area contributed by atoms with Gasteiger partial charge >= 0.3 is 5.97 Å². The van der Waals surface area contributed by atoms with Gasteiger partial charge in [-0.2, -0.15) is 0 Å². The molecule has 0 amide bonds. The predicted molar refractivity (Wildman–Crippen MR) is 56.8 cm³/mol. The highest BCUT2D eigenvalue weighted by atomic mass is 16.5. The fourth-order valence-corrected chi connectivity index (χ4v) is 1.48. The molecule has 82 valence electrons. The molecule has 0 aliphatic carbocycles. The number of rotatable bonds is 3. The zero-order valence-electron chi connectivity index (χ0n) is 9.19. The van der Waals surface area contributed by atoms with Gasteiger partial charge in [-0.15, -0.1) is 0 Å². The highest BCUT2D eigenvalue weighted by Crippen LogP contribution is 2.10. The molecule has 0 saturated heterocycles. The average molecular weight is 209 g/mol. The van der Waals surface area contributed by atoms with Crippen LogP contribution in [-0.2, 0) is 9.53 Å². The van der Waals surface area contributed by atoms with E-state index >= 15 is 0 Å². The van der Waals surface area contributed by atoms with Crippen LogP contribution in [0.3, 0.4) is 0 Å². The lowest BCUT2D eigenvalue weighted by Crippen LogP contribution is -2.30. The number of esters is 1. The first-order valence-electron chi connectivity index (χ1n) is 4.87. The number of hydrogen-bond acceptors (Lipinski definition) is 3. The van der Waals surface area contributed by atoms with Crippen molar-refractivity contribution in [1.29, 1.82) is 0 Å². The van der Waals surface area contributed by atoms with E-state index in [4.69, 9.17) is 0 Å². The Hall–Kier alpha value is -1.58. The first-order chi connectivity index (χ1) is 7.11. The maximum Gasteiger partial charge on any atom is 0.328 e. The van der Waals surface area contributed by atoms with Crippen molar-refractivity contribution in [2.45, 2.75) is 26.3 Å². The first-order valence-corrected chi connectivity index (χ1v) is 4.87. The summed E-state index contributed by atoms with van der Waals surface area (Å²) in [4.78, 5) is 23.2. The minimum Gasteiger partial charge on any atom is -0.467 e. The van der Waals surface area contributed by atoms with Crippen LogP contribution in [-0.4, -0.2) is 17.6 Å². The van der Waals surface area contributed by atoms with E-state index in [1.807, 2.05) is 6.92 Å². The summed E-state index contributed by atoms with van der Waals surface area (Å²) in [6.07, 6.45) is 2.15. The summed E-state index contributed by atoms with van der Waals surface area (Å²) in [5.74, 6) is -0.384. The molecule has 1 atom stereocenters. The van der Waals surface area contributed by atoms with Gasteiger partial charge in [0.2, 0.25) is 0 Å². The van der Waals surface area contributed by atoms with Gasteiger partial charge in [-0.1, -0.05) is 13.0 Å². The van der Waals surface area contributed by atoms with Crippen molar-refractivity contribution in [1.82, 2.24) is 4.57 Å². The molecule has 4 heteroatoms. The Kier molecular flexibility index (Phi) is 3.66. The molecule has 0 aromatic carbocycles. The maximum absolute atomic E-state index is 11.7. The average Bonchev–Trinajstić information content (AvgIpc) is 2.24. The zero-order valence-corrected chi connectivity index (χ0v) is 9.19. The van der Waals surface area contributed by atoms with Gasteiger partial charge in [0, 0.05) is 11.8 Å². The Morgan fingerprint density at radius 3 is 2.80 bits per heavy atom. The molecule has 0 fully saturated rings. The molecule has 4 nitrogen and oxygen atoms in total. The van der Waals surface area contributed by atoms with Crippen LogP contribution >= 0.6 is 0 Å². The van der Waals surface area contributed by atoms with Crippen molar-refractivity contribution in [3.8, 4) is 0 Å². The van der Waals surface area contributed by atoms with Gasteiger partial charge in [0.05, 0.1) is 7.11 Å². The lowest BCUT2D eigenvalue weighted by Gasteiger charge is -2.15. The van der Waals surface area contributed by atoms with E-state index in [1.165, 1.54) is 11.7 Å². The number of hydrogen-bond donors (Lipinski definition) is 0. The number of aromatic nitrogens is 1. The van der Waals surface area contributed by atoms with Crippen molar-refractivity contribution >= 4 is 5.97 Å². The third-order valence-electron chi connectivity index (χ3n) is 2.36. The van der Waals surface area contributed by atoms with Gasteiger partial charge in [0.1, 0.15) is 6.04 Å². The number of methoxy groups -OCH3 is 1. The van der Waals surface area contributed by atoms with Gasteiger partial charge in [-0.3, -0.25) is 4.79 Å². The van der Waals surface area contributed by atoms with E-state index in [-0.39, 0.29) is 11.5 Å². The molecule has 0 bridgehead atoms. The van der Waals surface area contributed by atoms with Crippen LogP contribution in [0.4, 0.5) is 0 Å². The Balaban J connectivity index is 3.19. The van der Waals surface area contributed by atoms with Crippen molar-refractivity contribution in [2.24, 2.45) is 0 Å². The van der Waals surface area contributed by atoms with Crippen LogP contribution < -0.4 is 5.56 Å². The molecule has 0 radical (unpaired) electrons. The largest absolute Gasteiger partial charge is 0.467 e. The summed E-state index contributed by atoms with van der Waals surface area (Å²) in [6.45, 7) is 3.57. The maximum atomic E-state index is 11.7. The Morgan fingerprint density at radius 2 is 2.27 bits per heavy atom. The molecule has 1 unspecified atom stereocenters. The van der Waals surface area contributed by atoms with Crippen molar-refractivity contribution < 1.29 is 9.53 Å². The van der Waals surface area contributed by atoms with Crippen molar-refractivity contribution in [3.05, 3.63) is 34.2 Å². The number of aryl methyl sites for hydroxylation is 1. The Labute approximate surface area is 88.5 Å². The summed E-state index contributed by atoms with van der Waals surface area (Å²) < 4.78 is 6.07. The van der Waals surface area contributed by atoms with E-state index in [1.54, 1.807) is 25.3 Å². The normalized spacial score (nSPS) is 12.2. The summed E-state index contributed by atoms with van der Waals surface area (Å²) in [7, 11) is 1.33. The van der Waals surface area contributed by atoms with Gasteiger partial charge in [0.15, 0.2) is 0 Å². The fraction of sp³-hybridized carbons (Fsp3) is 0.455. The minimum atomic E-state index is -0.526. The van der Waals surface area contributed by atoms with Gasteiger partial charge in [0.25, 0.3) is 5.56 Å². The minimum absolute atomic E-state index is 0.144. The van der Waals surface area contributed by atoms with E-state index in [0.29, 0.717) is 12.0 Å². The first kappa shape index (κ1) is 11.5. The quantitative estimate of drug-likeness (QED) is 0.704. The summed E-state index contributed by atoms with van der Waals surface area (Å²) in [5, 5.41) is 0. The van der Waals surface area contributed by atoms with Crippen molar-refractivity contribution in [3.63, 3.8) is 0 Å². The second-order valence-electron chi connectivity index (χ2n) is 3.35. The van der Waals surface area contributed by atoms with E-state index in [0.717, 1.165) is 0 Å². The topological polar surface area (TPSA) is 48.3 Å². The number of nitrogens with zero attached hydrogens (tertiary/aromatic N) is 1. The Morgan fingerprint density at radius 1 is 1.60 bits per heavy atom. The predicted octanol–water partition coefficient (Wildman–Crippen LogP) is 1.28. The number of carbonyl (C=O) groups excluding carboxylic acids is 1. The summed E-state index contributed by atoms with van der Waals surface area (Å²) >= 11 is 0. The molecule has 0 N–H and O–H groups in total. The fourth-order valence-electron chi connectivity index (χ4n) is 1.48.